The summed E-state index contributed by atoms with van der Waals surface area (Å²) in [5.41, 5.74) is 1.16. The van der Waals surface area contributed by atoms with E-state index in [2.05, 4.69) is 18.7 Å². The fourth-order valence-corrected chi connectivity index (χ4v) is 3.10. The van der Waals surface area contributed by atoms with Crippen LogP contribution in [0.15, 0.2) is 18.2 Å². The maximum atomic E-state index is 9.85. The van der Waals surface area contributed by atoms with Gasteiger partial charge in [-0.05, 0) is 61.9 Å². The van der Waals surface area contributed by atoms with Gasteiger partial charge in [0.1, 0.15) is 0 Å². The van der Waals surface area contributed by atoms with E-state index in [4.69, 9.17) is 4.74 Å². The standard InChI is InChI=1S/C17H27NO2/c1-13(2)15-5-4-9-18(10-8-15)12-14-6-7-17(20-3)16(19)11-14/h6-7,11,13,15,19H,4-5,8-10,12H2,1-3H3. The molecule has 0 aromatic heterocycles. The molecule has 0 amide bonds. The lowest BCUT2D eigenvalue weighted by Crippen LogP contribution is -2.24. The summed E-state index contributed by atoms with van der Waals surface area (Å²) < 4.78 is 5.09. The van der Waals surface area contributed by atoms with Gasteiger partial charge < -0.3 is 9.84 Å². The number of aromatic hydroxyl groups is 1. The second kappa shape index (κ2) is 6.98. The van der Waals surface area contributed by atoms with Gasteiger partial charge >= 0.3 is 0 Å². The Kier molecular flexibility index (Phi) is 5.30. The van der Waals surface area contributed by atoms with Gasteiger partial charge in [0.25, 0.3) is 0 Å². The van der Waals surface area contributed by atoms with Crippen LogP contribution in [-0.4, -0.2) is 30.2 Å². The second-order valence-corrected chi connectivity index (χ2v) is 6.22. The number of rotatable bonds is 4. The zero-order valence-electron chi connectivity index (χ0n) is 12.9. The number of hydrogen-bond donors (Lipinski definition) is 1. The Hall–Kier alpha value is -1.22. The first kappa shape index (κ1) is 15.2. The zero-order valence-corrected chi connectivity index (χ0v) is 12.9. The van der Waals surface area contributed by atoms with Crippen molar-refractivity contribution >= 4 is 0 Å². The van der Waals surface area contributed by atoms with Crippen molar-refractivity contribution in [2.75, 3.05) is 20.2 Å². The Bertz CT molecular complexity index is 431. The fraction of sp³-hybridized carbons (Fsp3) is 0.647. The molecule has 1 fully saturated rings. The second-order valence-electron chi connectivity index (χ2n) is 6.22. The quantitative estimate of drug-likeness (QED) is 0.911. The molecule has 1 N–H and O–H groups in total. The van der Waals surface area contributed by atoms with Crippen LogP contribution >= 0.6 is 0 Å². The number of phenolic OH excluding ortho intramolecular Hbond substituents is 1. The van der Waals surface area contributed by atoms with Crippen molar-refractivity contribution in [1.29, 1.82) is 0 Å². The molecule has 1 atom stereocenters. The number of benzene rings is 1. The third-order valence-electron chi connectivity index (χ3n) is 4.46. The molecule has 1 aliphatic rings. The average molecular weight is 277 g/mol. The van der Waals surface area contributed by atoms with E-state index >= 15 is 0 Å². The molecule has 1 aliphatic heterocycles. The monoisotopic (exact) mass is 277 g/mol. The van der Waals surface area contributed by atoms with Gasteiger partial charge in [-0.3, -0.25) is 4.90 Å². The summed E-state index contributed by atoms with van der Waals surface area (Å²) in [6.07, 6.45) is 3.92. The number of nitrogens with zero attached hydrogens (tertiary/aromatic N) is 1. The van der Waals surface area contributed by atoms with Crippen molar-refractivity contribution in [1.82, 2.24) is 4.90 Å². The van der Waals surface area contributed by atoms with E-state index in [1.54, 1.807) is 7.11 Å². The van der Waals surface area contributed by atoms with Crippen LogP contribution in [-0.2, 0) is 6.54 Å². The van der Waals surface area contributed by atoms with Crippen LogP contribution in [0, 0.1) is 11.8 Å². The molecule has 3 heteroatoms. The number of hydrogen-bond acceptors (Lipinski definition) is 3. The highest BCUT2D eigenvalue weighted by molar-refractivity contribution is 5.41. The van der Waals surface area contributed by atoms with Crippen molar-refractivity contribution in [2.45, 2.75) is 39.7 Å². The van der Waals surface area contributed by atoms with E-state index in [0.717, 1.165) is 37.0 Å². The van der Waals surface area contributed by atoms with Gasteiger partial charge in [-0.15, -0.1) is 0 Å². The molecule has 3 nitrogen and oxygen atoms in total. The number of likely N-dealkylation sites (tertiary alicyclic amines) is 1. The zero-order chi connectivity index (χ0) is 14.5. The predicted octanol–water partition coefficient (Wildman–Crippen LogP) is 3.66. The predicted molar refractivity (Wildman–Crippen MR) is 82.1 cm³/mol. The van der Waals surface area contributed by atoms with Crippen LogP contribution in [0.4, 0.5) is 0 Å². The van der Waals surface area contributed by atoms with E-state index in [0.29, 0.717) is 5.75 Å². The molecule has 1 saturated heterocycles. The molecule has 0 bridgehead atoms. The molecular weight excluding hydrogens is 250 g/mol. The van der Waals surface area contributed by atoms with E-state index in [9.17, 15) is 5.11 Å². The minimum Gasteiger partial charge on any atom is -0.504 e. The summed E-state index contributed by atoms with van der Waals surface area (Å²) in [5.74, 6) is 2.44. The summed E-state index contributed by atoms with van der Waals surface area (Å²) in [6.45, 7) is 7.91. The minimum absolute atomic E-state index is 0.236. The van der Waals surface area contributed by atoms with Crippen LogP contribution in [0.2, 0.25) is 0 Å². The average Bonchev–Trinajstić information content (AvgIpc) is 2.65. The van der Waals surface area contributed by atoms with E-state index < -0.39 is 0 Å². The van der Waals surface area contributed by atoms with Gasteiger partial charge in [0.2, 0.25) is 0 Å². The van der Waals surface area contributed by atoms with Crippen molar-refractivity contribution < 1.29 is 9.84 Å². The third-order valence-corrected chi connectivity index (χ3v) is 4.46. The fourth-order valence-electron chi connectivity index (χ4n) is 3.10. The van der Waals surface area contributed by atoms with Crippen molar-refractivity contribution in [2.24, 2.45) is 11.8 Å². The number of ether oxygens (including phenoxy) is 1. The van der Waals surface area contributed by atoms with Crippen LogP contribution in [0.3, 0.4) is 0 Å². The van der Waals surface area contributed by atoms with Crippen LogP contribution in [0.5, 0.6) is 11.5 Å². The van der Waals surface area contributed by atoms with Gasteiger partial charge in [0.15, 0.2) is 11.5 Å². The summed E-state index contributed by atoms with van der Waals surface area (Å²) in [7, 11) is 1.58. The highest BCUT2D eigenvalue weighted by atomic mass is 16.5. The molecule has 0 spiro atoms. The first-order valence-corrected chi connectivity index (χ1v) is 7.68. The molecule has 20 heavy (non-hydrogen) atoms. The largest absolute Gasteiger partial charge is 0.504 e. The SMILES string of the molecule is COc1ccc(CN2CCCC(C(C)C)CC2)cc1O. The van der Waals surface area contributed by atoms with Crippen LogP contribution in [0.1, 0.15) is 38.7 Å². The Morgan fingerprint density at radius 1 is 1.30 bits per heavy atom. The van der Waals surface area contributed by atoms with Gasteiger partial charge in [-0.25, -0.2) is 0 Å². The van der Waals surface area contributed by atoms with Gasteiger partial charge in [-0.2, -0.15) is 0 Å². The summed E-state index contributed by atoms with van der Waals surface area (Å²) in [4.78, 5) is 2.50. The van der Waals surface area contributed by atoms with Crippen LogP contribution < -0.4 is 4.74 Å². The molecule has 0 saturated carbocycles. The normalized spacial score (nSPS) is 20.9. The molecule has 112 valence electrons. The first-order valence-electron chi connectivity index (χ1n) is 7.68. The van der Waals surface area contributed by atoms with E-state index in [1.165, 1.54) is 19.3 Å². The Morgan fingerprint density at radius 3 is 2.75 bits per heavy atom. The minimum atomic E-state index is 0.236. The maximum absolute atomic E-state index is 9.85. The molecule has 1 unspecified atom stereocenters. The van der Waals surface area contributed by atoms with Crippen molar-refractivity contribution in [3.63, 3.8) is 0 Å². The topological polar surface area (TPSA) is 32.7 Å². The third kappa shape index (κ3) is 3.89. The molecular formula is C17H27NO2. The first-order chi connectivity index (χ1) is 9.60. The summed E-state index contributed by atoms with van der Waals surface area (Å²) >= 11 is 0. The van der Waals surface area contributed by atoms with Gasteiger partial charge in [0, 0.05) is 6.54 Å². The van der Waals surface area contributed by atoms with E-state index in [1.807, 2.05) is 18.2 Å². The van der Waals surface area contributed by atoms with E-state index in [-0.39, 0.29) is 5.75 Å². The van der Waals surface area contributed by atoms with Crippen LogP contribution in [0.25, 0.3) is 0 Å². The Morgan fingerprint density at radius 2 is 2.10 bits per heavy atom. The number of phenols is 1. The lowest BCUT2D eigenvalue weighted by molar-refractivity contribution is 0.264. The summed E-state index contributed by atoms with van der Waals surface area (Å²) in [5, 5.41) is 9.85. The molecule has 2 rings (SSSR count). The summed E-state index contributed by atoms with van der Waals surface area (Å²) in [6, 6.07) is 5.71. The van der Waals surface area contributed by atoms with Gasteiger partial charge in [0.05, 0.1) is 7.11 Å². The Balaban J connectivity index is 1.94. The molecule has 1 aromatic carbocycles. The van der Waals surface area contributed by atoms with Crippen molar-refractivity contribution in [3.8, 4) is 11.5 Å². The highest BCUT2D eigenvalue weighted by Crippen LogP contribution is 2.28. The highest BCUT2D eigenvalue weighted by Gasteiger charge is 2.19. The van der Waals surface area contributed by atoms with Crippen molar-refractivity contribution in [3.05, 3.63) is 23.8 Å². The lowest BCUT2D eigenvalue weighted by Gasteiger charge is -2.21. The maximum Gasteiger partial charge on any atom is 0.160 e. The number of methoxy groups -OCH3 is 1. The smallest absolute Gasteiger partial charge is 0.160 e. The lowest BCUT2D eigenvalue weighted by atomic mass is 9.89. The van der Waals surface area contributed by atoms with Gasteiger partial charge in [-0.1, -0.05) is 19.9 Å². The molecule has 0 aliphatic carbocycles. The Labute approximate surface area is 122 Å². The molecule has 1 heterocycles. The molecule has 0 radical (unpaired) electrons. The molecule has 1 aromatic rings.